The molecule has 110 valence electrons. The number of Topliss-reactive ketones (excluding diaryl/α,β-unsaturated/α-hetero) is 1. The summed E-state index contributed by atoms with van der Waals surface area (Å²) in [5.41, 5.74) is 6.82. The summed E-state index contributed by atoms with van der Waals surface area (Å²) in [4.78, 5) is 11.7. The number of hydrogen-bond acceptors (Lipinski definition) is 3. The fraction of sp³-hybridized carbons (Fsp3) is 0.278. The van der Waals surface area contributed by atoms with Crippen molar-refractivity contribution >= 4 is 11.9 Å². The minimum atomic E-state index is -0.501. The van der Waals surface area contributed by atoms with Crippen molar-refractivity contribution in [2.24, 2.45) is 0 Å². The number of rotatable bonds is 4. The lowest BCUT2D eigenvalue weighted by atomic mass is 10.0. The molecule has 0 atom stereocenters. The van der Waals surface area contributed by atoms with E-state index in [1.165, 1.54) is 0 Å². The van der Waals surface area contributed by atoms with Gasteiger partial charge in [0, 0.05) is 5.56 Å². The van der Waals surface area contributed by atoms with E-state index < -0.39 is 5.54 Å². The zero-order chi connectivity index (χ0) is 15.6. The molecule has 0 saturated heterocycles. The normalized spacial score (nSPS) is 12.2. The molecule has 0 heterocycles. The van der Waals surface area contributed by atoms with Crippen LogP contribution in [-0.2, 0) is 0 Å². The van der Waals surface area contributed by atoms with Gasteiger partial charge in [-0.25, -0.2) is 0 Å². The summed E-state index contributed by atoms with van der Waals surface area (Å²) in [6.45, 7) is 7.37. The quantitative estimate of drug-likeness (QED) is 0.657. The van der Waals surface area contributed by atoms with Crippen molar-refractivity contribution in [3.63, 3.8) is 0 Å². The van der Waals surface area contributed by atoms with Crippen molar-refractivity contribution in [2.75, 3.05) is 0 Å². The molecule has 0 saturated carbocycles. The summed E-state index contributed by atoms with van der Waals surface area (Å²) in [5, 5.41) is 9.09. The van der Waals surface area contributed by atoms with Gasteiger partial charge in [0.15, 0.2) is 5.78 Å². The highest BCUT2D eigenvalue weighted by atomic mass is 16.5. The Bertz CT molecular complexity index is 671. The molecule has 0 aromatic rings. The van der Waals surface area contributed by atoms with Gasteiger partial charge in [-0.3, -0.25) is 4.79 Å². The van der Waals surface area contributed by atoms with Crippen LogP contribution in [0.4, 0.5) is 0 Å². The van der Waals surface area contributed by atoms with Crippen LogP contribution in [0.5, 0.6) is 0 Å². The first-order valence-corrected chi connectivity index (χ1v) is 6.99. The molecule has 0 fully saturated rings. The van der Waals surface area contributed by atoms with E-state index in [9.17, 15) is 4.79 Å². The van der Waals surface area contributed by atoms with Crippen LogP contribution >= 0.6 is 0 Å². The summed E-state index contributed by atoms with van der Waals surface area (Å²) in [6, 6.07) is 9.87. The summed E-state index contributed by atoms with van der Waals surface area (Å²) in [5.74, 6) is 0.0559. The fourth-order valence-electron chi connectivity index (χ4n) is 2.22. The molecule has 21 heavy (non-hydrogen) atoms. The average Bonchev–Trinajstić information content (AvgIpc) is 2.75. The van der Waals surface area contributed by atoms with E-state index in [-0.39, 0.29) is 5.78 Å². The Kier molecular flexibility index (Phi) is 4.26. The van der Waals surface area contributed by atoms with Gasteiger partial charge < -0.3 is 5.21 Å². The topological polar surface area (TPSA) is 49.3 Å². The monoisotopic (exact) mass is 283 g/mol. The Balaban J connectivity index is 2.54. The number of fused-ring (bicyclic) bond motifs is 1. The molecule has 3 heteroatoms. The Morgan fingerprint density at radius 1 is 1.19 bits per heavy atom. The molecule has 2 rings (SSSR count). The highest BCUT2D eigenvalue weighted by molar-refractivity contribution is 5.96. The minimum Gasteiger partial charge on any atom is -0.316 e. The maximum absolute atomic E-state index is 11.7. The third-order valence-corrected chi connectivity index (χ3v) is 3.64. The molecule has 2 aliphatic carbocycles. The Hall–Kier alpha value is -1.97. The number of carbonyl (C=O) groups excluding carboxylic acids is 1. The molecule has 0 amide bonds. The van der Waals surface area contributed by atoms with Gasteiger partial charge in [0.25, 0.3) is 0 Å². The van der Waals surface area contributed by atoms with E-state index in [2.05, 4.69) is 11.5 Å². The van der Waals surface area contributed by atoms with Crippen LogP contribution in [0.2, 0.25) is 0 Å². The van der Waals surface area contributed by atoms with Gasteiger partial charge in [-0.1, -0.05) is 36.4 Å². The first kappa shape index (κ1) is 15.4. The molecular formula is C18H21NO2. The Morgan fingerprint density at radius 2 is 1.90 bits per heavy atom. The van der Waals surface area contributed by atoms with Crippen molar-refractivity contribution in [3.05, 3.63) is 53.1 Å². The number of ketones is 1. The smallest absolute Gasteiger partial charge is 0.159 e. The maximum atomic E-state index is 11.7. The van der Waals surface area contributed by atoms with E-state index in [0.29, 0.717) is 5.56 Å². The molecule has 0 bridgehead atoms. The second kappa shape index (κ2) is 5.80. The van der Waals surface area contributed by atoms with Crippen molar-refractivity contribution in [3.8, 4) is 11.1 Å². The van der Waals surface area contributed by atoms with Crippen LogP contribution in [0.1, 0.15) is 42.3 Å². The van der Waals surface area contributed by atoms with Crippen molar-refractivity contribution in [2.45, 2.75) is 33.2 Å². The Labute approximate surface area is 125 Å². The number of hydroxylamine groups is 1. The lowest BCUT2D eigenvalue weighted by molar-refractivity contribution is 0.101. The molecule has 0 aliphatic heterocycles. The van der Waals surface area contributed by atoms with E-state index in [4.69, 9.17) is 5.21 Å². The van der Waals surface area contributed by atoms with Crippen LogP contribution in [0.15, 0.2) is 36.4 Å². The SMILES string of the molecule is CC(=O)c1ccc(C)c2ccc(C=CC(C)(C)NO)c-2c1. The van der Waals surface area contributed by atoms with Crippen LogP contribution in [0.3, 0.4) is 0 Å². The molecule has 0 aromatic heterocycles. The van der Waals surface area contributed by atoms with E-state index in [1.807, 2.05) is 57.2 Å². The maximum Gasteiger partial charge on any atom is 0.159 e. The zero-order valence-electron chi connectivity index (χ0n) is 12.9. The molecule has 0 spiro atoms. The Morgan fingerprint density at radius 3 is 2.52 bits per heavy atom. The van der Waals surface area contributed by atoms with Gasteiger partial charge in [-0.05, 0) is 56.0 Å². The standard InChI is InChI=1S/C18H21NO2/c1-12-5-6-15(13(2)20)11-17-14(7-8-16(12)17)9-10-18(3,4)19-21/h5-11,19,21H,1-4H3. The summed E-state index contributed by atoms with van der Waals surface area (Å²) in [6.07, 6.45) is 3.87. The minimum absolute atomic E-state index is 0.0559. The predicted octanol–water partition coefficient (Wildman–Crippen LogP) is 4.07. The summed E-state index contributed by atoms with van der Waals surface area (Å²) < 4.78 is 0. The fourth-order valence-corrected chi connectivity index (χ4v) is 2.22. The van der Waals surface area contributed by atoms with E-state index >= 15 is 0 Å². The van der Waals surface area contributed by atoms with Crippen LogP contribution in [0, 0.1) is 6.92 Å². The van der Waals surface area contributed by atoms with Crippen molar-refractivity contribution < 1.29 is 10.0 Å². The lowest BCUT2D eigenvalue weighted by Crippen LogP contribution is -2.33. The summed E-state index contributed by atoms with van der Waals surface area (Å²) >= 11 is 0. The first-order chi connectivity index (χ1) is 9.84. The molecular weight excluding hydrogens is 262 g/mol. The largest absolute Gasteiger partial charge is 0.316 e. The average molecular weight is 283 g/mol. The molecule has 3 nitrogen and oxygen atoms in total. The van der Waals surface area contributed by atoms with Gasteiger partial charge in [-0.2, -0.15) is 5.48 Å². The molecule has 0 radical (unpaired) electrons. The number of hydrogen-bond donors (Lipinski definition) is 2. The second-order valence-corrected chi connectivity index (χ2v) is 5.96. The van der Waals surface area contributed by atoms with Gasteiger partial charge in [0.2, 0.25) is 0 Å². The van der Waals surface area contributed by atoms with E-state index in [1.54, 1.807) is 6.92 Å². The highest BCUT2D eigenvalue weighted by Crippen LogP contribution is 2.32. The number of nitrogens with one attached hydrogen (secondary N) is 1. The molecule has 0 unspecified atom stereocenters. The van der Waals surface area contributed by atoms with Crippen LogP contribution < -0.4 is 5.48 Å². The zero-order valence-corrected chi connectivity index (χ0v) is 12.9. The number of aryl methyl sites for hydroxylation is 1. The van der Waals surface area contributed by atoms with E-state index in [0.717, 1.165) is 22.3 Å². The molecule has 2 aliphatic rings. The summed E-state index contributed by atoms with van der Waals surface area (Å²) in [7, 11) is 0. The van der Waals surface area contributed by atoms with Gasteiger partial charge in [0.05, 0.1) is 5.54 Å². The van der Waals surface area contributed by atoms with Gasteiger partial charge in [-0.15, -0.1) is 0 Å². The molecule has 2 N–H and O–H groups in total. The van der Waals surface area contributed by atoms with Crippen LogP contribution in [-0.4, -0.2) is 16.5 Å². The first-order valence-electron chi connectivity index (χ1n) is 6.99. The van der Waals surface area contributed by atoms with Gasteiger partial charge in [0.1, 0.15) is 0 Å². The van der Waals surface area contributed by atoms with Crippen molar-refractivity contribution in [1.82, 2.24) is 5.48 Å². The highest BCUT2D eigenvalue weighted by Gasteiger charge is 2.14. The van der Waals surface area contributed by atoms with Gasteiger partial charge >= 0.3 is 0 Å². The van der Waals surface area contributed by atoms with Crippen molar-refractivity contribution in [1.29, 1.82) is 0 Å². The number of carbonyl (C=O) groups is 1. The second-order valence-electron chi connectivity index (χ2n) is 5.96. The van der Waals surface area contributed by atoms with Crippen LogP contribution in [0.25, 0.3) is 17.2 Å². The molecule has 0 aromatic carbocycles. The predicted molar refractivity (Wildman–Crippen MR) is 85.8 cm³/mol. The third-order valence-electron chi connectivity index (χ3n) is 3.64. The lowest BCUT2D eigenvalue weighted by Gasteiger charge is -2.16. The third kappa shape index (κ3) is 3.38.